The molecular weight excluding hydrogens is 204 g/mol. The second kappa shape index (κ2) is 6.09. The van der Waals surface area contributed by atoms with E-state index >= 15 is 0 Å². The van der Waals surface area contributed by atoms with Gasteiger partial charge in [0.15, 0.2) is 0 Å². The molecule has 1 aliphatic rings. The number of ether oxygens (including phenoxy) is 1. The molecule has 1 aliphatic heterocycles. The van der Waals surface area contributed by atoms with Crippen molar-refractivity contribution in [1.82, 2.24) is 10.6 Å². The average Bonchev–Trinajstić information content (AvgIpc) is 2.24. The molecule has 0 unspecified atom stereocenters. The molecule has 4 nitrogen and oxygen atoms in total. The van der Waals surface area contributed by atoms with E-state index in [4.69, 9.17) is 4.74 Å². The van der Waals surface area contributed by atoms with Gasteiger partial charge in [-0.25, -0.2) is 4.79 Å². The Balaban J connectivity index is 2.09. The summed E-state index contributed by atoms with van der Waals surface area (Å²) in [4.78, 5) is 11.4. The van der Waals surface area contributed by atoms with Gasteiger partial charge in [-0.1, -0.05) is 20.8 Å². The zero-order chi connectivity index (χ0) is 12.0. The van der Waals surface area contributed by atoms with Crippen molar-refractivity contribution in [2.45, 2.75) is 33.6 Å². The van der Waals surface area contributed by atoms with Gasteiger partial charge in [-0.2, -0.15) is 0 Å². The number of nitrogens with one attached hydrogen (secondary N) is 2. The first-order valence-electron chi connectivity index (χ1n) is 6.09. The topological polar surface area (TPSA) is 50.4 Å². The monoisotopic (exact) mass is 228 g/mol. The third-order valence-corrected chi connectivity index (χ3v) is 2.63. The van der Waals surface area contributed by atoms with Gasteiger partial charge in [0.25, 0.3) is 0 Å². The molecule has 94 valence electrons. The molecular formula is C12H24N2O2. The van der Waals surface area contributed by atoms with E-state index in [0.29, 0.717) is 12.5 Å². The highest BCUT2D eigenvalue weighted by molar-refractivity contribution is 5.67. The van der Waals surface area contributed by atoms with E-state index in [2.05, 4.69) is 10.6 Å². The van der Waals surface area contributed by atoms with Gasteiger partial charge in [-0.15, -0.1) is 0 Å². The van der Waals surface area contributed by atoms with Crippen LogP contribution in [-0.2, 0) is 4.74 Å². The Labute approximate surface area is 98.1 Å². The van der Waals surface area contributed by atoms with Crippen LogP contribution in [0.3, 0.4) is 0 Å². The minimum Gasteiger partial charge on any atom is -0.449 e. The van der Waals surface area contributed by atoms with Gasteiger partial charge in [-0.05, 0) is 37.3 Å². The number of hydrogen-bond acceptors (Lipinski definition) is 3. The molecule has 1 saturated heterocycles. The molecule has 0 aromatic rings. The van der Waals surface area contributed by atoms with Crippen LogP contribution >= 0.6 is 0 Å². The van der Waals surface area contributed by atoms with Gasteiger partial charge in [0.1, 0.15) is 0 Å². The lowest BCUT2D eigenvalue weighted by Crippen LogP contribution is -2.36. The van der Waals surface area contributed by atoms with E-state index in [0.717, 1.165) is 32.5 Å². The zero-order valence-corrected chi connectivity index (χ0v) is 10.6. The maximum absolute atomic E-state index is 11.4. The van der Waals surface area contributed by atoms with E-state index in [1.54, 1.807) is 0 Å². The molecule has 4 heteroatoms. The van der Waals surface area contributed by atoms with Crippen molar-refractivity contribution in [3.8, 4) is 0 Å². The van der Waals surface area contributed by atoms with Crippen molar-refractivity contribution in [1.29, 1.82) is 0 Å². The van der Waals surface area contributed by atoms with Crippen LogP contribution < -0.4 is 10.6 Å². The van der Waals surface area contributed by atoms with Gasteiger partial charge < -0.3 is 15.4 Å². The Bertz CT molecular complexity index is 218. The normalized spacial score (nSPS) is 18.2. The second-order valence-corrected chi connectivity index (χ2v) is 5.71. The second-order valence-electron chi connectivity index (χ2n) is 5.71. The molecule has 0 atom stereocenters. The minimum absolute atomic E-state index is 0.0338. The summed E-state index contributed by atoms with van der Waals surface area (Å²) < 4.78 is 5.13. The van der Waals surface area contributed by atoms with Crippen LogP contribution in [0.25, 0.3) is 0 Å². The van der Waals surface area contributed by atoms with Crippen molar-refractivity contribution < 1.29 is 9.53 Å². The zero-order valence-electron chi connectivity index (χ0n) is 10.6. The first-order valence-corrected chi connectivity index (χ1v) is 6.09. The lowest BCUT2D eigenvalue weighted by molar-refractivity contribution is 0.104. The molecule has 1 rings (SSSR count). The summed E-state index contributed by atoms with van der Waals surface area (Å²) in [5.41, 5.74) is 0.0338. The van der Waals surface area contributed by atoms with Crippen molar-refractivity contribution >= 4 is 6.09 Å². The quantitative estimate of drug-likeness (QED) is 0.774. The molecule has 1 heterocycles. The van der Waals surface area contributed by atoms with Crippen molar-refractivity contribution in [2.24, 2.45) is 11.3 Å². The lowest BCUT2D eigenvalue weighted by atomic mass is 9.98. The standard InChI is InChI=1S/C12H24N2O2/c1-12(2,3)9-16-11(15)14-8-10-4-6-13-7-5-10/h10,13H,4-9H2,1-3H3,(H,14,15). The Morgan fingerprint density at radius 1 is 1.38 bits per heavy atom. The molecule has 2 N–H and O–H groups in total. The summed E-state index contributed by atoms with van der Waals surface area (Å²) in [5.74, 6) is 0.600. The first-order chi connectivity index (χ1) is 7.47. The number of amides is 1. The van der Waals surface area contributed by atoms with Gasteiger partial charge in [0.05, 0.1) is 6.61 Å². The predicted octanol–water partition coefficient (Wildman–Crippen LogP) is 1.76. The van der Waals surface area contributed by atoms with Crippen molar-refractivity contribution in [3.05, 3.63) is 0 Å². The van der Waals surface area contributed by atoms with E-state index < -0.39 is 0 Å². The Hall–Kier alpha value is -0.770. The number of rotatable bonds is 3. The lowest BCUT2D eigenvalue weighted by Gasteiger charge is -2.23. The van der Waals surface area contributed by atoms with E-state index in [1.165, 1.54) is 0 Å². The van der Waals surface area contributed by atoms with E-state index in [9.17, 15) is 4.79 Å². The van der Waals surface area contributed by atoms with Crippen LogP contribution in [0, 0.1) is 11.3 Å². The molecule has 0 bridgehead atoms. The van der Waals surface area contributed by atoms with Gasteiger partial charge in [-0.3, -0.25) is 0 Å². The van der Waals surface area contributed by atoms with Gasteiger partial charge >= 0.3 is 6.09 Å². The molecule has 0 radical (unpaired) electrons. The van der Waals surface area contributed by atoms with E-state index in [-0.39, 0.29) is 11.5 Å². The molecule has 0 aliphatic carbocycles. The highest BCUT2D eigenvalue weighted by Gasteiger charge is 2.16. The summed E-state index contributed by atoms with van der Waals surface area (Å²) in [6.07, 6.45) is 1.99. The predicted molar refractivity (Wildman–Crippen MR) is 64.4 cm³/mol. The minimum atomic E-state index is -0.284. The van der Waals surface area contributed by atoms with E-state index in [1.807, 2.05) is 20.8 Å². The van der Waals surface area contributed by atoms with Crippen LogP contribution in [0.15, 0.2) is 0 Å². The van der Waals surface area contributed by atoms with Gasteiger partial charge in [0, 0.05) is 6.54 Å². The highest BCUT2D eigenvalue weighted by atomic mass is 16.5. The molecule has 16 heavy (non-hydrogen) atoms. The fourth-order valence-corrected chi connectivity index (χ4v) is 1.65. The summed E-state index contributed by atoms with van der Waals surface area (Å²) >= 11 is 0. The number of carbonyl (C=O) groups excluding carboxylic acids is 1. The first kappa shape index (κ1) is 13.3. The van der Waals surface area contributed by atoms with Crippen molar-refractivity contribution in [3.63, 3.8) is 0 Å². The van der Waals surface area contributed by atoms with Gasteiger partial charge in [0.2, 0.25) is 0 Å². The molecule has 1 amide bonds. The Morgan fingerprint density at radius 2 is 2.00 bits per heavy atom. The molecule has 1 fully saturated rings. The number of piperidine rings is 1. The van der Waals surface area contributed by atoms with Crippen LogP contribution in [0.2, 0.25) is 0 Å². The van der Waals surface area contributed by atoms with Crippen LogP contribution in [-0.4, -0.2) is 32.3 Å². The molecule has 0 aromatic carbocycles. The van der Waals surface area contributed by atoms with Crippen LogP contribution in [0.5, 0.6) is 0 Å². The van der Waals surface area contributed by atoms with Crippen LogP contribution in [0.4, 0.5) is 4.79 Å². The average molecular weight is 228 g/mol. The summed E-state index contributed by atoms with van der Waals surface area (Å²) in [6, 6.07) is 0. The smallest absolute Gasteiger partial charge is 0.407 e. The van der Waals surface area contributed by atoms with Crippen molar-refractivity contribution in [2.75, 3.05) is 26.2 Å². The van der Waals surface area contributed by atoms with Crippen LogP contribution in [0.1, 0.15) is 33.6 Å². The largest absolute Gasteiger partial charge is 0.449 e. The summed E-state index contributed by atoms with van der Waals surface area (Å²) in [7, 11) is 0. The third-order valence-electron chi connectivity index (χ3n) is 2.63. The number of carbonyl (C=O) groups is 1. The summed E-state index contributed by atoms with van der Waals surface area (Å²) in [6.45, 7) is 9.47. The molecule has 0 aromatic heterocycles. The number of alkyl carbamates (subject to hydrolysis) is 1. The number of hydrogen-bond donors (Lipinski definition) is 2. The SMILES string of the molecule is CC(C)(C)COC(=O)NCC1CCNCC1. The fraction of sp³-hybridized carbons (Fsp3) is 0.917. The highest BCUT2D eigenvalue weighted by Crippen LogP contribution is 2.13. The maximum atomic E-state index is 11.4. The molecule has 0 spiro atoms. The third kappa shape index (κ3) is 5.95. The molecule has 0 saturated carbocycles. The maximum Gasteiger partial charge on any atom is 0.407 e. The fourth-order valence-electron chi connectivity index (χ4n) is 1.65. The Morgan fingerprint density at radius 3 is 2.56 bits per heavy atom. The Kier molecular flexibility index (Phi) is 5.06. The summed E-state index contributed by atoms with van der Waals surface area (Å²) in [5, 5.41) is 6.14.